The predicted molar refractivity (Wildman–Crippen MR) is 71.9 cm³/mol. The molecule has 0 aromatic rings. The number of nitrogens with one attached hydrogen (secondary N) is 1. The molecule has 0 aromatic heterocycles. The summed E-state index contributed by atoms with van der Waals surface area (Å²) in [6.07, 6.45) is -7.31. The molecular formula is C6H16NO14P3. The second kappa shape index (κ2) is 8.92. The Balaban J connectivity index is 5.91. The van der Waals surface area contributed by atoms with E-state index >= 15 is 0 Å². The van der Waals surface area contributed by atoms with Crippen LogP contribution < -0.4 is 5.32 Å². The summed E-state index contributed by atoms with van der Waals surface area (Å²) < 4.78 is 44.9. The van der Waals surface area contributed by atoms with Crippen LogP contribution in [0.5, 0.6) is 0 Å². The summed E-state index contributed by atoms with van der Waals surface area (Å²) in [6.45, 7) is -1.37. The molecule has 144 valence electrons. The van der Waals surface area contributed by atoms with Crippen LogP contribution in [-0.4, -0.2) is 72.3 Å². The van der Waals surface area contributed by atoms with Crippen molar-refractivity contribution >= 4 is 29.4 Å². The Morgan fingerprint density at radius 3 is 1.62 bits per heavy atom. The number of likely N-dealkylation sites (N-methyl/N-ethyl adjacent to an activating group) is 1. The van der Waals surface area contributed by atoms with Crippen molar-refractivity contribution < 1.29 is 66.5 Å². The molecule has 0 rings (SSSR count). The summed E-state index contributed by atoms with van der Waals surface area (Å²) in [6, 6.07) is 0. The molecule has 0 radical (unpaired) electrons. The second-order valence-electron chi connectivity index (χ2n) is 4.01. The fourth-order valence-corrected chi connectivity index (χ4v) is 3.01. The van der Waals surface area contributed by atoms with Crippen molar-refractivity contribution in [2.24, 2.45) is 0 Å². The van der Waals surface area contributed by atoms with Gasteiger partial charge in [0.25, 0.3) is 5.91 Å². The SMILES string of the molecule is CNC(=O)[C@@H](OP(=O)(O)O)[C@@H](OP(=O)(O)O)[C@@H](CO)OP(=O)(O)O. The lowest BCUT2D eigenvalue weighted by Crippen LogP contribution is -2.50. The molecular weight excluding hydrogens is 403 g/mol. The third kappa shape index (κ3) is 9.91. The van der Waals surface area contributed by atoms with Crippen molar-refractivity contribution in [2.45, 2.75) is 18.3 Å². The van der Waals surface area contributed by atoms with E-state index in [9.17, 15) is 18.5 Å². The summed E-state index contributed by atoms with van der Waals surface area (Å²) in [5.41, 5.74) is 0. The number of hydrogen-bond acceptors (Lipinski definition) is 8. The number of aliphatic hydroxyl groups is 1. The van der Waals surface area contributed by atoms with Gasteiger partial charge in [-0.3, -0.25) is 18.4 Å². The summed E-state index contributed by atoms with van der Waals surface area (Å²) in [7, 11) is -15.3. The minimum atomic E-state index is -5.48. The van der Waals surface area contributed by atoms with Crippen LogP contribution in [0, 0.1) is 0 Å². The minimum absolute atomic E-state index is 0.949. The summed E-state index contributed by atoms with van der Waals surface area (Å²) in [5, 5.41) is 10.9. The van der Waals surface area contributed by atoms with Crippen LogP contribution in [0.1, 0.15) is 0 Å². The average molecular weight is 419 g/mol. The fraction of sp³-hybridized carbons (Fsp3) is 0.833. The Bertz CT molecular complexity index is 561. The van der Waals surface area contributed by atoms with Gasteiger partial charge in [0, 0.05) is 7.05 Å². The van der Waals surface area contributed by atoms with Gasteiger partial charge in [0.15, 0.2) is 6.10 Å². The van der Waals surface area contributed by atoms with Gasteiger partial charge in [0.1, 0.15) is 12.2 Å². The molecule has 18 heteroatoms. The maximum absolute atomic E-state index is 11.7. The van der Waals surface area contributed by atoms with E-state index in [-0.39, 0.29) is 0 Å². The lowest BCUT2D eigenvalue weighted by molar-refractivity contribution is -0.139. The van der Waals surface area contributed by atoms with E-state index in [2.05, 4.69) is 13.6 Å². The largest absolute Gasteiger partial charge is 0.470 e. The van der Waals surface area contributed by atoms with Crippen LogP contribution in [0.3, 0.4) is 0 Å². The molecule has 0 saturated heterocycles. The third-order valence-electron chi connectivity index (χ3n) is 2.13. The number of amides is 1. The van der Waals surface area contributed by atoms with E-state index in [4.69, 9.17) is 34.5 Å². The van der Waals surface area contributed by atoms with E-state index in [1.807, 2.05) is 5.32 Å². The quantitative estimate of drug-likeness (QED) is 0.166. The fourth-order valence-electron chi connectivity index (χ4n) is 1.40. The molecule has 0 bridgehead atoms. The predicted octanol–water partition coefficient (Wildman–Crippen LogP) is -2.84. The van der Waals surface area contributed by atoms with Crippen LogP contribution in [0.15, 0.2) is 0 Å². The molecule has 0 spiro atoms. The lowest BCUT2D eigenvalue weighted by atomic mass is 10.1. The molecule has 0 aliphatic heterocycles. The number of phosphoric ester groups is 3. The zero-order chi connectivity index (χ0) is 19.3. The van der Waals surface area contributed by atoms with E-state index in [1.165, 1.54) is 0 Å². The highest BCUT2D eigenvalue weighted by Gasteiger charge is 2.45. The number of hydrogen-bond donors (Lipinski definition) is 8. The van der Waals surface area contributed by atoms with Gasteiger partial charge in [-0.2, -0.15) is 0 Å². The van der Waals surface area contributed by atoms with Crippen LogP contribution in [-0.2, 0) is 32.1 Å². The van der Waals surface area contributed by atoms with E-state index < -0.39 is 54.3 Å². The Morgan fingerprint density at radius 1 is 0.917 bits per heavy atom. The first-order valence-electron chi connectivity index (χ1n) is 5.64. The van der Waals surface area contributed by atoms with Crippen molar-refractivity contribution in [3.63, 3.8) is 0 Å². The Hall–Kier alpha value is -0.240. The van der Waals surface area contributed by atoms with Gasteiger partial charge >= 0.3 is 23.5 Å². The number of rotatable bonds is 10. The Labute approximate surface area is 134 Å². The highest BCUT2D eigenvalue weighted by atomic mass is 31.2. The van der Waals surface area contributed by atoms with Crippen molar-refractivity contribution in [1.82, 2.24) is 5.32 Å². The van der Waals surface area contributed by atoms with Crippen molar-refractivity contribution in [1.29, 1.82) is 0 Å². The van der Waals surface area contributed by atoms with Crippen molar-refractivity contribution in [2.75, 3.05) is 13.7 Å². The standard InChI is InChI=1S/C6H16NO14P3/c1-7-6(9)5(21-24(16,17)18)4(20-23(13,14)15)3(2-8)19-22(10,11)12/h3-5,8H,2H2,1H3,(H,7,9)(H2,10,11,12)(H2,13,14,15)(H2,16,17,18)/t3-,4+,5+/m1/s1. The van der Waals surface area contributed by atoms with E-state index in [0.29, 0.717) is 0 Å². The van der Waals surface area contributed by atoms with Crippen LogP contribution in [0.4, 0.5) is 0 Å². The Kier molecular flexibility index (Phi) is 8.83. The maximum Gasteiger partial charge on any atom is 0.470 e. The Morgan fingerprint density at radius 2 is 1.33 bits per heavy atom. The molecule has 8 N–H and O–H groups in total. The molecule has 0 aliphatic rings. The molecule has 0 fully saturated rings. The van der Waals surface area contributed by atoms with Gasteiger partial charge in [-0.25, -0.2) is 13.7 Å². The van der Waals surface area contributed by atoms with Crippen LogP contribution in [0.2, 0.25) is 0 Å². The summed E-state index contributed by atoms with van der Waals surface area (Å²) >= 11 is 0. The zero-order valence-corrected chi connectivity index (χ0v) is 14.5. The van der Waals surface area contributed by atoms with Gasteiger partial charge in [0.05, 0.1) is 6.61 Å². The molecule has 0 heterocycles. The maximum atomic E-state index is 11.7. The first kappa shape index (κ1) is 23.8. The molecule has 0 unspecified atom stereocenters. The first-order chi connectivity index (χ1) is 10.6. The van der Waals surface area contributed by atoms with Crippen LogP contribution >= 0.6 is 23.5 Å². The number of carbonyl (C=O) groups excluding carboxylic acids is 1. The minimum Gasteiger partial charge on any atom is -0.394 e. The second-order valence-corrected chi connectivity index (χ2v) is 7.58. The molecule has 0 saturated carbocycles. The first-order valence-corrected chi connectivity index (χ1v) is 10.2. The molecule has 0 aromatic carbocycles. The zero-order valence-electron chi connectivity index (χ0n) is 11.8. The number of carbonyl (C=O) groups is 1. The van der Waals surface area contributed by atoms with Crippen molar-refractivity contribution in [3.8, 4) is 0 Å². The van der Waals surface area contributed by atoms with E-state index in [0.717, 1.165) is 7.05 Å². The monoisotopic (exact) mass is 419 g/mol. The van der Waals surface area contributed by atoms with Gasteiger partial charge < -0.3 is 39.8 Å². The van der Waals surface area contributed by atoms with E-state index in [1.54, 1.807) is 0 Å². The summed E-state index contributed by atoms with van der Waals surface area (Å²) in [4.78, 5) is 64.2. The highest BCUT2D eigenvalue weighted by molar-refractivity contribution is 7.47. The van der Waals surface area contributed by atoms with Crippen molar-refractivity contribution in [3.05, 3.63) is 0 Å². The number of aliphatic hydroxyl groups excluding tert-OH is 1. The molecule has 3 atom stereocenters. The molecule has 15 nitrogen and oxygen atoms in total. The van der Waals surface area contributed by atoms with Gasteiger partial charge in [-0.05, 0) is 0 Å². The highest BCUT2D eigenvalue weighted by Crippen LogP contribution is 2.46. The van der Waals surface area contributed by atoms with Gasteiger partial charge in [-0.1, -0.05) is 0 Å². The molecule has 1 amide bonds. The van der Waals surface area contributed by atoms with Gasteiger partial charge in [0.2, 0.25) is 0 Å². The summed E-state index contributed by atoms with van der Waals surface area (Å²) in [5.74, 6) is -1.40. The average Bonchev–Trinajstić information content (AvgIpc) is 2.36. The van der Waals surface area contributed by atoms with Gasteiger partial charge in [-0.15, -0.1) is 0 Å². The van der Waals surface area contributed by atoms with Crippen LogP contribution in [0.25, 0.3) is 0 Å². The normalized spacial score (nSPS) is 17.2. The molecule has 0 aliphatic carbocycles. The third-order valence-corrected chi connectivity index (χ3v) is 3.70. The lowest BCUT2D eigenvalue weighted by Gasteiger charge is -2.31. The smallest absolute Gasteiger partial charge is 0.394 e. The topological polar surface area (TPSA) is 250 Å². The molecule has 24 heavy (non-hydrogen) atoms. The number of phosphoric acid groups is 3.